The van der Waals surface area contributed by atoms with E-state index in [0.29, 0.717) is 0 Å². The second-order valence-corrected chi connectivity index (χ2v) is 7.21. The van der Waals surface area contributed by atoms with Crippen molar-refractivity contribution < 1.29 is 22.7 Å². The van der Waals surface area contributed by atoms with Crippen LogP contribution in [0.2, 0.25) is 0 Å². The van der Waals surface area contributed by atoms with Gasteiger partial charge in [-0.2, -0.15) is 8.42 Å². The van der Waals surface area contributed by atoms with Crippen LogP contribution in [-0.2, 0) is 24.5 Å². The summed E-state index contributed by atoms with van der Waals surface area (Å²) < 4.78 is 33.5. The summed E-state index contributed by atoms with van der Waals surface area (Å²) in [5, 5.41) is 2.72. The normalized spacial score (nSPS) is 17.0. The zero-order valence-electron chi connectivity index (χ0n) is 14.8. The molecule has 2 rings (SSSR count). The number of carbonyl (C=O) groups excluding carboxylic acids is 2. The zero-order chi connectivity index (χ0) is 19.3. The number of esters is 1. The molecule has 8 nitrogen and oxygen atoms in total. The van der Waals surface area contributed by atoms with Crippen molar-refractivity contribution in [2.45, 2.75) is 26.8 Å². The van der Waals surface area contributed by atoms with Gasteiger partial charge in [0.2, 0.25) is 5.91 Å². The van der Waals surface area contributed by atoms with E-state index < -0.39 is 28.6 Å². The summed E-state index contributed by atoms with van der Waals surface area (Å²) in [6.07, 6.45) is 1.09. The van der Waals surface area contributed by atoms with Crippen molar-refractivity contribution in [3.63, 3.8) is 0 Å². The maximum Gasteiger partial charge on any atom is 0.344 e. The molecule has 1 heterocycles. The molecule has 1 aliphatic heterocycles. The molecule has 0 aliphatic carbocycles. The van der Waals surface area contributed by atoms with Gasteiger partial charge < -0.3 is 10.1 Å². The quantitative estimate of drug-likeness (QED) is 0.751. The highest BCUT2D eigenvalue weighted by Gasteiger charge is 2.30. The van der Waals surface area contributed by atoms with Crippen LogP contribution >= 0.6 is 0 Å². The highest BCUT2D eigenvalue weighted by molar-refractivity contribution is 7.88. The Morgan fingerprint density at radius 1 is 1.27 bits per heavy atom. The van der Waals surface area contributed by atoms with E-state index in [1.54, 1.807) is 13.8 Å². The first-order chi connectivity index (χ1) is 12.2. The summed E-state index contributed by atoms with van der Waals surface area (Å²) in [5.74, 6) is -1.20. The molecule has 1 amide bonds. The van der Waals surface area contributed by atoms with E-state index >= 15 is 0 Å². The highest BCUT2D eigenvalue weighted by Crippen LogP contribution is 2.18. The summed E-state index contributed by atoms with van der Waals surface area (Å²) in [4.78, 5) is 24.2. The van der Waals surface area contributed by atoms with Crippen molar-refractivity contribution in [1.29, 1.82) is 0 Å². The van der Waals surface area contributed by atoms with Crippen molar-refractivity contribution in [3.05, 3.63) is 47.7 Å². The first-order valence-corrected chi connectivity index (χ1v) is 9.46. The van der Waals surface area contributed by atoms with Gasteiger partial charge >= 0.3 is 16.2 Å². The van der Waals surface area contributed by atoms with E-state index in [1.807, 2.05) is 30.3 Å². The summed E-state index contributed by atoms with van der Waals surface area (Å²) in [7, 11) is -4.07. The van der Waals surface area contributed by atoms with Crippen molar-refractivity contribution in [2.24, 2.45) is 4.40 Å². The third-order valence-corrected chi connectivity index (χ3v) is 5.02. The van der Waals surface area contributed by atoms with Crippen LogP contribution in [0.15, 0.2) is 46.5 Å². The highest BCUT2D eigenvalue weighted by atomic mass is 32.2. The van der Waals surface area contributed by atoms with E-state index in [0.717, 1.165) is 16.1 Å². The molecule has 0 unspecified atom stereocenters. The summed E-state index contributed by atoms with van der Waals surface area (Å²) in [6.45, 7) is 4.49. The average molecular weight is 379 g/mol. The maximum absolute atomic E-state index is 12.3. The number of hydrogen-bond donors (Lipinski definition) is 1. The molecular weight excluding hydrogens is 358 g/mol. The molecule has 0 radical (unpaired) electrons. The van der Waals surface area contributed by atoms with Crippen molar-refractivity contribution in [1.82, 2.24) is 9.62 Å². The number of nitrogens with zero attached hydrogens (tertiary/aromatic N) is 2. The molecule has 1 aromatic rings. The van der Waals surface area contributed by atoms with Gasteiger partial charge in [-0.1, -0.05) is 30.3 Å². The molecule has 1 N–H and O–H groups in total. The minimum atomic E-state index is -4.07. The van der Waals surface area contributed by atoms with Crippen molar-refractivity contribution in [3.8, 4) is 0 Å². The number of rotatable bonds is 6. The Morgan fingerprint density at radius 3 is 2.54 bits per heavy atom. The number of ether oxygens (including phenoxy) is 1. The molecule has 1 aromatic carbocycles. The van der Waals surface area contributed by atoms with Crippen LogP contribution in [0.1, 0.15) is 32.4 Å². The minimum Gasteiger partial charge on any atom is -0.462 e. The van der Waals surface area contributed by atoms with Crippen LogP contribution in [0, 0.1) is 0 Å². The van der Waals surface area contributed by atoms with Gasteiger partial charge in [0.1, 0.15) is 6.54 Å². The van der Waals surface area contributed by atoms with Crippen LogP contribution in [0.25, 0.3) is 0 Å². The van der Waals surface area contributed by atoms with E-state index in [1.165, 1.54) is 6.92 Å². The third-order valence-electron chi connectivity index (χ3n) is 3.68. The summed E-state index contributed by atoms with van der Waals surface area (Å²) in [5.41, 5.74) is 0.919. The van der Waals surface area contributed by atoms with Crippen molar-refractivity contribution in [2.75, 3.05) is 13.2 Å². The smallest absolute Gasteiger partial charge is 0.344 e. The third kappa shape index (κ3) is 4.69. The monoisotopic (exact) mass is 379 g/mol. The van der Waals surface area contributed by atoms with Gasteiger partial charge in [-0.15, -0.1) is 4.40 Å². The van der Waals surface area contributed by atoms with Gasteiger partial charge in [0.25, 0.3) is 0 Å². The lowest BCUT2D eigenvalue weighted by Crippen LogP contribution is -2.40. The Morgan fingerprint density at radius 2 is 1.92 bits per heavy atom. The van der Waals surface area contributed by atoms with Crippen LogP contribution < -0.4 is 5.32 Å². The molecule has 0 fully saturated rings. The molecule has 0 aromatic heterocycles. The van der Waals surface area contributed by atoms with E-state index in [4.69, 9.17) is 4.74 Å². The molecule has 1 aliphatic rings. The lowest BCUT2D eigenvalue weighted by Gasteiger charge is -2.23. The summed E-state index contributed by atoms with van der Waals surface area (Å²) in [6, 6.07) is 8.97. The van der Waals surface area contributed by atoms with E-state index in [-0.39, 0.29) is 23.9 Å². The number of amides is 1. The number of nitrogens with one attached hydrogen (secondary N) is 1. The van der Waals surface area contributed by atoms with Crippen LogP contribution in [0.4, 0.5) is 0 Å². The fourth-order valence-corrected chi connectivity index (χ4v) is 3.44. The maximum atomic E-state index is 12.3. The summed E-state index contributed by atoms with van der Waals surface area (Å²) >= 11 is 0. The Balaban J connectivity index is 2.13. The molecule has 1 atom stereocenters. The molecular formula is C17H21N3O5S. The van der Waals surface area contributed by atoms with E-state index in [9.17, 15) is 18.0 Å². The Hall–Kier alpha value is -2.68. The Labute approximate surface area is 152 Å². The minimum absolute atomic E-state index is 0.00517. The Bertz CT molecular complexity index is 846. The SMILES string of the molecule is CCOC(=O)C1=CN(CC(=O)N[C@H](C)c2ccccc2)S(=O)(=O)N=C1C. The van der Waals surface area contributed by atoms with Crippen LogP contribution in [0.5, 0.6) is 0 Å². The largest absolute Gasteiger partial charge is 0.462 e. The fraction of sp³-hybridized carbons (Fsp3) is 0.353. The molecule has 0 bridgehead atoms. The van der Waals surface area contributed by atoms with Gasteiger partial charge in [-0.05, 0) is 26.3 Å². The molecule has 0 spiro atoms. The van der Waals surface area contributed by atoms with E-state index in [2.05, 4.69) is 9.71 Å². The average Bonchev–Trinajstić information content (AvgIpc) is 2.57. The standard InChI is InChI=1S/C17H21N3O5S/c1-4-25-17(22)15-10-20(26(23,24)19-13(15)3)11-16(21)18-12(2)14-8-6-5-7-9-14/h5-10,12H,4,11H2,1-3H3,(H,18,21)/t12-/m1/s1. The molecule has 26 heavy (non-hydrogen) atoms. The van der Waals surface area contributed by atoms with Crippen molar-refractivity contribution >= 4 is 27.8 Å². The predicted molar refractivity (Wildman–Crippen MR) is 96.5 cm³/mol. The first-order valence-electron chi connectivity index (χ1n) is 8.06. The number of hydrogen-bond acceptors (Lipinski definition) is 5. The second-order valence-electron chi connectivity index (χ2n) is 5.66. The second kappa shape index (κ2) is 8.13. The van der Waals surface area contributed by atoms with Gasteiger partial charge in [-0.3, -0.25) is 4.79 Å². The number of benzene rings is 1. The molecule has 0 saturated heterocycles. The van der Waals surface area contributed by atoms with Gasteiger partial charge in [0.05, 0.1) is 23.9 Å². The van der Waals surface area contributed by atoms with Crippen LogP contribution in [-0.4, -0.2) is 43.5 Å². The topological polar surface area (TPSA) is 105 Å². The van der Waals surface area contributed by atoms with Gasteiger partial charge in [0.15, 0.2) is 0 Å². The van der Waals surface area contributed by atoms with Crippen LogP contribution in [0.3, 0.4) is 0 Å². The molecule has 140 valence electrons. The number of carbonyl (C=O) groups is 2. The Kier molecular flexibility index (Phi) is 6.14. The molecule has 9 heteroatoms. The lowest BCUT2D eigenvalue weighted by atomic mass is 10.1. The molecule has 0 saturated carbocycles. The first kappa shape index (κ1) is 19.6. The fourth-order valence-electron chi connectivity index (χ4n) is 2.37. The zero-order valence-corrected chi connectivity index (χ0v) is 15.6. The van der Waals surface area contributed by atoms with Gasteiger partial charge in [0, 0.05) is 6.20 Å². The lowest BCUT2D eigenvalue weighted by molar-refractivity contribution is -0.138. The van der Waals surface area contributed by atoms with Gasteiger partial charge in [-0.25, -0.2) is 9.10 Å². The predicted octanol–water partition coefficient (Wildman–Crippen LogP) is 1.33.